The zero-order chi connectivity index (χ0) is 18.4. The van der Waals surface area contributed by atoms with Gasteiger partial charge in [-0.05, 0) is 49.2 Å². The summed E-state index contributed by atoms with van der Waals surface area (Å²) >= 11 is 0. The van der Waals surface area contributed by atoms with Crippen LogP contribution < -0.4 is 10.2 Å². The Morgan fingerprint density at radius 3 is 2.41 bits per heavy atom. The molecule has 1 aromatic carbocycles. The second-order valence-electron chi connectivity index (χ2n) is 6.48. The van der Waals surface area contributed by atoms with Gasteiger partial charge in [-0.15, -0.1) is 24.0 Å². The van der Waals surface area contributed by atoms with Gasteiger partial charge < -0.3 is 15.1 Å². The highest BCUT2D eigenvalue weighted by molar-refractivity contribution is 14.0. The first-order chi connectivity index (χ1) is 12.7. The molecule has 0 unspecified atom stereocenters. The molecule has 0 aliphatic carbocycles. The van der Waals surface area contributed by atoms with E-state index in [0.717, 1.165) is 56.5 Å². The highest BCUT2D eigenvalue weighted by Gasteiger charge is 2.19. The number of guanidine groups is 1. The van der Waals surface area contributed by atoms with Crippen molar-refractivity contribution in [2.75, 3.05) is 44.7 Å². The molecule has 1 aromatic heterocycles. The largest absolute Gasteiger partial charge is 0.368 e. The van der Waals surface area contributed by atoms with Gasteiger partial charge >= 0.3 is 0 Å². The minimum atomic E-state index is -0.194. The van der Waals surface area contributed by atoms with Crippen molar-refractivity contribution in [1.82, 2.24) is 15.2 Å². The molecular formula is C20H27FIN5. The molecule has 2 heterocycles. The number of anilines is 1. The van der Waals surface area contributed by atoms with Crippen LogP contribution in [-0.2, 0) is 6.42 Å². The number of halogens is 2. The van der Waals surface area contributed by atoms with E-state index in [4.69, 9.17) is 0 Å². The van der Waals surface area contributed by atoms with Crippen LogP contribution in [-0.4, -0.2) is 55.6 Å². The molecule has 7 heteroatoms. The van der Waals surface area contributed by atoms with Gasteiger partial charge in [0.25, 0.3) is 0 Å². The fourth-order valence-corrected chi connectivity index (χ4v) is 3.13. The molecule has 0 saturated carbocycles. The molecule has 1 fully saturated rings. The van der Waals surface area contributed by atoms with Crippen LogP contribution in [0.1, 0.15) is 11.3 Å². The summed E-state index contributed by atoms with van der Waals surface area (Å²) in [6, 6.07) is 10.9. The van der Waals surface area contributed by atoms with Gasteiger partial charge in [-0.3, -0.25) is 9.98 Å². The monoisotopic (exact) mass is 483 g/mol. The molecule has 5 nitrogen and oxygen atoms in total. The molecule has 0 radical (unpaired) electrons. The molecule has 0 amide bonds. The van der Waals surface area contributed by atoms with Gasteiger partial charge in [0.1, 0.15) is 5.82 Å². The van der Waals surface area contributed by atoms with E-state index in [9.17, 15) is 4.39 Å². The molecular weight excluding hydrogens is 456 g/mol. The van der Waals surface area contributed by atoms with Crippen LogP contribution in [0.15, 0.2) is 47.6 Å². The van der Waals surface area contributed by atoms with E-state index in [0.29, 0.717) is 0 Å². The Bertz CT molecular complexity index is 725. The zero-order valence-electron chi connectivity index (χ0n) is 15.9. The number of hydrogen-bond donors (Lipinski definition) is 1. The molecule has 1 aliphatic rings. The van der Waals surface area contributed by atoms with Gasteiger partial charge in [0.15, 0.2) is 5.96 Å². The van der Waals surface area contributed by atoms with E-state index in [1.54, 1.807) is 0 Å². The first-order valence-corrected chi connectivity index (χ1v) is 9.03. The highest BCUT2D eigenvalue weighted by atomic mass is 127. The van der Waals surface area contributed by atoms with Crippen LogP contribution in [0.4, 0.5) is 10.1 Å². The van der Waals surface area contributed by atoms with Crippen molar-refractivity contribution in [3.05, 3.63) is 59.7 Å². The molecule has 1 N–H and O–H groups in total. The predicted octanol–water partition coefficient (Wildman–Crippen LogP) is 3.09. The first-order valence-electron chi connectivity index (χ1n) is 9.03. The van der Waals surface area contributed by atoms with Gasteiger partial charge in [-0.25, -0.2) is 4.39 Å². The fourth-order valence-electron chi connectivity index (χ4n) is 3.13. The molecule has 2 aromatic rings. The molecule has 27 heavy (non-hydrogen) atoms. The molecule has 0 bridgehead atoms. The molecule has 0 atom stereocenters. The summed E-state index contributed by atoms with van der Waals surface area (Å²) in [5, 5.41) is 3.44. The van der Waals surface area contributed by atoms with Crippen LogP contribution in [0.25, 0.3) is 0 Å². The number of hydrogen-bond acceptors (Lipinski definition) is 3. The molecule has 1 saturated heterocycles. The molecule has 0 spiro atoms. The summed E-state index contributed by atoms with van der Waals surface area (Å²) < 4.78 is 13.1. The number of nitrogens with one attached hydrogen (secondary N) is 1. The number of aromatic nitrogens is 1. The lowest BCUT2D eigenvalue weighted by Gasteiger charge is -2.37. The summed E-state index contributed by atoms with van der Waals surface area (Å²) in [4.78, 5) is 13.3. The van der Waals surface area contributed by atoms with Crippen molar-refractivity contribution in [2.24, 2.45) is 4.99 Å². The number of piperazine rings is 1. The number of rotatable bonds is 4. The van der Waals surface area contributed by atoms with Crippen molar-refractivity contribution in [2.45, 2.75) is 13.3 Å². The third-order valence-electron chi connectivity index (χ3n) is 4.65. The number of aliphatic imine (C=N–C) groups is 1. The van der Waals surface area contributed by atoms with E-state index in [-0.39, 0.29) is 29.8 Å². The second kappa shape index (κ2) is 10.4. The maximum atomic E-state index is 13.1. The zero-order valence-corrected chi connectivity index (χ0v) is 18.2. The van der Waals surface area contributed by atoms with E-state index < -0.39 is 0 Å². The summed E-state index contributed by atoms with van der Waals surface area (Å²) in [5.74, 6) is 0.740. The summed E-state index contributed by atoms with van der Waals surface area (Å²) in [6.45, 7) is 6.40. The fraction of sp³-hybridized carbons (Fsp3) is 0.400. The van der Waals surface area contributed by atoms with Crippen molar-refractivity contribution >= 4 is 35.6 Å². The number of nitrogens with zero attached hydrogens (tertiary/aromatic N) is 4. The Kier molecular flexibility index (Phi) is 8.27. The summed E-state index contributed by atoms with van der Waals surface area (Å²) in [6.07, 6.45) is 2.85. The highest BCUT2D eigenvalue weighted by Crippen LogP contribution is 2.16. The Morgan fingerprint density at radius 1 is 1.11 bits per heavy atom. The van der Waals surface area contributed by atoms with Crippen LogP contribution in [0.2, 0.25) is 0 Å². The average Bonchev–Trinajstić information content (AvgIpc) is 2.68. The molecule has 3 rings (SSSR count). The quantitative estimate of drug-likeness (QED) is 0.413. The Labute approximate surface area is 177 Å². The average molecular weight is 483 g/mol. The van der Waals surface area contributed by atoms with Crippen molar-refractivity contribution in [1.29, 1.82) is 0 Å². The number of pyridine rings is 1. The maximum Gasteiger partial charge on any atom is 0.193 e. The van der Waals surface area contributed by atoms with Gasteiger partial charge in [0.2, 0.25) is 0 Å². The first kappa shape index (κ1) is 21.4. The van der Waals surface area contributed by atoms with Crippen LogP contribution in [0, 0.1) is 12.7 Å². The van der Waals surface area contributed by atoms with Crippen LogP contribution in [0.5, 0.6) is 0 Å². The lowest BCUT2D eigenvalue weighted by molar-refractivity contribution is 0.373. The van der Waals surface area contributed by atoms with Crippen molar-refractivity contribution < 1.29 is 4.39 Å². The van der Waals surface area contributed by atoms with E-state index in [1.807, 2.05) is 38.4 Å². The van der Waals surface area contributed by atoms with Gasteiger partial charge in [-0.1, -0.05) is 6.07 Å². The summed E-state index contributed by atoms with van der Waals surface area (Å²) in [5.41, 5.74) is 3.33. The SMILES string of the molecule is CN=C(NCCc1ccc(C)nc1)N1CCN(c2ccc(F)cc2)CC1.I. The van der Waals surface area contributed by atoms with E-state index in [2.05, 4.69) is 31.2 Å². The Morgan fingerprint density at radius 2 is 1.81 bits per heavy atom. The minimum absolute atomic E-state index is 0. The third-order valence-corrected chi connectivity index (χ3v) is 4.65. The number of benzene rings is 1. The normalized spacial score (nSPS) is 14.7. The maximum absolute atomic E-state index is 13.1. The van der Waals surface area contributed by atoms with Crippen LogP contribution >= 0.6 is 24.0 Å². The lowest BCUT2D eigenvalue weighted by atomic mass is 10.2. The Balaban J connectivity index is 0.00000261. The Hall–Kier alpha value is -1.90. The topological polar surface area (TPSA) is 43.8 Å². The number of aryl methyl sites for hydroxylation is 1. The molecule has 1 aliphatic heterocycles. The van der Waals surface area contributed by atoms with Gasteiger partial charge in [-0.2, -0.15) is 0 Å². The smallest absolute Gasteiger partial charge is 0.193 e. The van der Waals surface area contributed by atoms with Gasteiger partial charge in [0, 0.05) is 57.3 Å². The predicted molar refractivity (Wildman–Crippen MR) is 120 cm³/mol. The van der Waals surface area contributed by atoms with Crippen LogP contribution in [0.3, 0.4) is 0 Å². The lowest BCUT2D eigenvalue weighted by Crippen LogP contribution is -2.52. The van der Waals surface area contributed by atoms with Crippen molar-refractivity contribution in [3.8, 4) is 0 Å². The third kappa shape index (κ3) is 6.05. The standard InChI is InChI=1S/C20H26FN5.HI/c1-16-3-4-17(15-24-16)9-10-23-20(22-2)26-13-11-25(12-14-26)19-7-5-18(21)6-8-19;/h3-8,15H,9-14H2,1-2H3,(H,22,23);1H. The van der Waals surface area contributed by atoms with Gasteiger partial charge in [0.05, 0.1) is 0 Å². The van der Waals surface area contributed by atoms with E-state index >= 15 is 0 Å². The minimum Gasteiger partial charge on any atom is -0.368 e. The van der Waals surface area contributed by atoms with Crippen molar-refractivity contribution in [3.63, 3.8) is 0 Å². The van der Waals surface area contributed by atoms with E-state index in [1.165, 1.54) is 17.7 Å². The molecule has 146 valence electrons. The summed E-state index contributed by atoms with van der Waals surface area (Å²) in [7, 11) is 1.82. The second-order valence-corrected chi connectivity index (χ2v) is 6.48.